The maximum Gasteiger partial charge on any atom is 0.247 e. The van der Waals surface area contributed by atoms with E-state index in [1.165, 1.54) is 16.7 Å². The van der Waals surface area contributed by atoms with Crippen LogP contribution in [0.1, 0.15) is 23.2 Å². The predicted molar refractivity (Wildman–Crippen MR) is 99.3 cm³/mol. The summed E-state index contributed by atoms with van der Waals surface area (Å²) in [7, 11) is 0. The van der Waals surface area contributed by atoms with Gasteiger partial charge in [-0.2, -0.15) is 5.26 Å². The standard InChI is InChI=1S/C18H14BrN3O2S/c1-10-7-11(2)21-17(14(10)9-20)25-15-8-16(23)22(18(15)24)13-5-3-12(19)4-6-13/h3-7,15H,8H2,1-2H3/t15-/m1/s1. The smallest absolute Gasteiger partial charge is 0.247 e. The summed E-state index contributed by atoms with van der Waals surface area (Å²) in [6, 6.07) is 11.0. The Morgan fingerprint density at radius 1 is 1.28 bits per heavy atom. The lowest BCUT2D eigenvalue weighted by molar-refractivity contribution is -0.121. The highest BCUT2D eigenvalue weighted by molar-refractivity contribution is 9.10. The summed E-state index contributed by atoms with van der Waals surface area (Å²) < 4.78 is 0.874. The quantitative estimate of drug-likeness (QED) is 0.713. The number of amides is 2. The molecule has 0 spiro atoms. The minimum absolute atomic E-state index is 0.0963. The van der Waals surface area contributed by atoms with Gasteiger partial charge in [-0.3, -0.25) is 9.59 Å². The van der Waals surface area contributed by atoms with Crippen molar-refractivity contribution in [2.24, 2.45) is 0 Å². The Balaban J connectivity index is 1.89. The third-order valence-corrected chi connectivity index (χ3v) is 5.57. The van der Waals surface area contributed by atoms with Crippen LogP contribution in [0.4, 0.5) is 5.69 Å². The third-order valence-electron chi connectivity index (χ3n) is 3.87. The van der Waals surface area contributed by atoms with Crippen LogP contribution in [0.2, 0.25) is 0 Å². The molecule has 1 aromatic carbocycles. The van der Waals surface area contributed by atoms with E-state index in [1.807, 2.05) is 19.9 Å². The van der Waals surface area contributed by atoms with Crippen LogP contribution >= 0.6 is 27.7 Å². The van der Waals surface area contributed by atoms with Gasteiger partial charge in [-0.1, -0.05) is 27.7 Å². The molecule has 0 aliphatic carbocycles. The molecule has 1 fully saturated rings. The molecule has 0 N–H and O–H groups in total. The van der Waals surface area contributed by atoms with Crippen LogP contribution < -0.4 is 4.90 Å². The Hall–Kier alpha value is -2.17. The van der Waals surface area contributed by atoms with E-state index in [2.05, 4.69) is 27.0 Å². The fourth-order valence-electron chi connectivity index (χ4n) is 2.72. The number of aryl methyl sites for hydroxylation is 2. The number of nitriles is 1. The van der Waals surface area contributed by atoms with Crippen molar-refractivity contribution in [3.63, 3.8) is 0 Å². The molecule has 5 nitrogen and oxygen atoms in total. The van der Waals surface area contributed by atoms with Crippen LogP contribution in [-0.4, -0.2) is 22.0 Å². The fourth-order valence-corrected chi connectivity index (χ4v) is 4.20. The Morgan fingerprint density at radius 2 is 1.96 bits per heavy atom. The zero-order chi connectivity index (χ0) is 18.1. The van der Waals surface area contributed by atoms with Crippen LogP contribution in [0.15, 0.2) is 39.8 Å². The van der Waals surface area contributed by atoms with Crippen molar-refractivity contribution in [1.82, 2.24) is 4.98 Å². The number of rotatable bonds is 3. The van der Waals surface area contributed by atoms with Crippen LogP contribution in [0, 0.1) is 25.2 Å². The van der Waals surface area contributed by atoms with Gasteiger partial charge < -0.3 is 0 Å². The van der Waals surface area contributed by atoms with Gasteiger partial charge in [0, 0.05) is 16.6 Å². The van der Waals surface area contributed by atoms with Crippen molar-refractivity contribution < 1.29 is 9.59 Å². The Morgan fingerprint density at radius 3 is 2.60 bits per heavy atom. The summed E-state index contributed by atoms with van der Waals surface area (Å²) in [6.07, 6.45) is 0.0963. The van der Waals surface area contributed by atoms with Crippen LogP contribution in [0.5, 0.6) is 0 Å². The molecule has 1 saturated heterocycles. The molecule has 2 heterocycles. The normalized spacial score (nSPS) is 17.0. The van der Waals surface area contributed by atoms with Crippen molar-refractivity contribution in [3.05, 3.63) is 51.6 Å². The Labute approximate surface area is 158 Å². The van der Waals surface area contributed by atoms with Gasteiger partial charge in [-0.25, -0.2) is 9.88 Å². The molecule has 1 aliphatic rings. The maximum atomic E-state index is 12.7. The second-order valence-electron chi connectivity index (χ2n) is 5.73. The van der Waals surface area contributed by atoms with Gasteiger partial charge in [0.15, 0.2) is 0 Å². The van der Waals surface area contributed by atoms with Gasteiger partial charge in [0.2, 0.25) is 11.8 Å². The minimum atomic E-state index is -0.572. The van der Waals surface area contributed by atoms with Crippen molar-refractivity contribution in [2.45, 2.75) is 30.5 Å². The lowest BCUT2D eigenvalue weighted by Crippen LogP contribution is -2.31. The van der Waals surface area contributed by atoms with Crippen molar-refractivity contribution in [1.29, 1.82) is 5.26 Å². The number of benzene rings is 1. The summed E-state index contributed by atoms with van der Waals surface area (Å²) in [6.45, 7) is 3.68. The first-order chi connectivity index (χ1) is 11.9. The molecule has 7 heteroatoms. The summed E-state index contributed by atoms with van der Waals surface area (Å²) in [4.78, 5) is 30.7. The monoisotopic (exact) mass is 415 g/mol. The van der Waals surface area contributed by atoms with E-state index in [0.29, 0.717) is 16.3 Å². The number of hydrogen-bond acceptors (Lipinski definition) is 5. The third kappa shape index (κ3) is 3.46. The largest absolute Gasteiger partial charge is 0.274 e. The number of anilines is 1. The summed E-state index contributed by atoms with van der Waals surface area (Å²) >= 11 is 4.53. The molecule has 1 atom stereocenters. The molecule has 0 radical (unpaired) electrons. The number of thioether (sulfide) groups is 1. The molecule has 0 unspecified atom stereocenters. The summed E-state index contributed by atoms with van der Waals surface area (Å²) in [5.41, 5.74) is 2.60. The van der Waals surface area contributed by atoms with E-state index >= 15 is 0 Å². The Kier molecular flexibility index (Phi) is 4.93. The van der Waals surface area contributed by atoms with E-state index in [0.717, 1.165) is 15.7 Å². The number of carbonyl (C=O) groups is 2. The first kappa shape index (κ1) is 17.6. The van der Waals surface area contributed by atoms with Crippen molar-refractivity contribution >= 4 is 45.2 Å². The SMILES string of the molecule is Cc1cc(C)c(C#N)c(S[C@@H]2CC(=O)N(c3ccc(Br)cc3)C2=O)n1. The van der Waals surface area contributed by atoms with E-state index in [9.17, 15) is 14.9 Å². The van der Waals surface area contributed by atoms with Crippen LogP contribution in [-0.2, 0) is 9.59 Å². The molecular weight excluding hydrogens is 402 g/mol. The lowest BCUT2D eigenvalue weighted by atomic mass is 10.1. The molecule has 0 bridgehead atoms. The number of aromatic nitrogens is 1. The second-order valence-corrected chi connectivity index (χ2v) is 7.83. The van der Waals surface area contributed by atoms with Gasteiger partial charge in [-0.05, 0) is 49.7 Å². The number of carbonyl (C=O) groups excluding carboxylic acids is 2. The van der Waals surface area contributed by atoms with Gasteiger partial charge >= 0.3 is 0 Å². The zero-order valence-corrected chi connectivity index (χ0v) is 16.0. The predicted octanol–water partition coefficient (Wildman–Crippen LogP) is 3.76. The average molecular weight is 416 g/mol. The minimum Gasteiger partial charge on any atom is -0.274 e. The number of imide groups is 1. The first-order valence-corrected chi connectivity index (χ1v) is 9.25. The summed E-state index contributed by atoms with van der Waals surface area (Å²) in [5, 5.41) is 9.30. The van der Waals surface area contributed by atoms with Crippen LogP contribution in [0.3, 0.4) is 0 Å². The zero-order valence-electron chi connectivity index (χ0n) is 13.6. The maximum absolute atomic E-state index is 12.7. The first-order valence-electron chi connectivity index (χ1n) is 7.58. The number of pyridine rings is 1. The number of halogens is 1. The van der Waals surface area contributed by atoms with Crippen molar-refractivity contribution in [2.75, 3.05) is 4.90 Å². The van der Waals surface area contributed by atoms with E-state index in [1.54, 1.807) is 24.3 Å². The highest BCUT2D eigenvalue weighted by atomic mass is 79.9. The molecule has 25 heavy (non-hydrogen) atoms. The van der Waals surface area contributed by atoms with E-state index < -0.39 is 5.25 Å². The van der Waals surface area contributed by atoms with Gasteiger partial charge in [0.05, 0.1) is 16.5 Å². The Bertz CT molecular complexity index is 906. The molecule has 2 amide bonds. The molecule has 0 saturated carbocycles. The van der Waals surface area contributed by atoms with Gasteiger partial charge in [0.25, 0.3) is 0 Å². The highest BCUT2D eigenvalue weighted by Gasteiger charge is 2.40. The van der Waals surface area contributed by atoms with E-state index in [4.69, 9.17) is 0 Å². The molecule has 2 aromatic rings. The molecule has 3 rings (SSSR count). The lowest BCUT2D eigenvalue weighted by Gasteiger charge is -2.15. The molecule has 126 valence electrons. The summed E-state index contributed by atoms with van der Waals surface area (Å²) in [5.74, 6) is -0.519. The number of hydrogen-bond donors (Lipinski definition) is 0. The second kappa shape index (κ2) is 6.98. The molecule has 1 aliphatic heterocycles. The van der Waals surface area contributed by atoms with Gasteiger partial charge in [0.1, 0.15) is 11.1 Å². The van der Waals surface area contributed by atoms with Crippen molar-refractivity contribution in [3.8, 4) is 6.07 Å². The van der Waals surface area contributed by atoms with Crippen LogP contribution in [0.25, 0.3) is 0 Å². The van der Waals surface area contributed by atoms with Gasteiger partial charge in [-0.15, -0.1) is 0 Å². The molecular formula is C18H14BrN3O2S. The molecule has 1 aromatic heterocycles. The average Bonchev–Trinajstić information content (AvgIpc) is 2.82. The van der Waals surface area contributed by atoms with E-state index in [-0.39, 0.29) is 18.2 Å². The topological polar surface area (TPSA) is 74.1 Å². The highest BCUT2D eigenvalue weighted by Crippen LogP contribution is 2.35. The fraction of sp³-hybridized carbons (Fsp3) is 0.222. The number of nitrogens with zero attached hydrogens (tertiary/aromatic N) is 3.